The van der Waals surface area contributed by atoms with Crippen LogP contribution in [-0.4, -0.2) is 11.9 Å². The Labute approximate surface area is 175 Å². The average Bonchev–Trinajstić information content (AvgIpc) is 2.55. The summed E-state index contributed by atoms with van der Waals surface area (Å²) in [5, 5.41) is 13.8. The Hall–Kier alpha value is -2.08. The maximum absolute atomic E-state index is 12.1. The second-order valence-electron chi connectivity index (χ2n) is 6.52. The molecule has 0 atom stereocenters. The SMILES string of the molecule is CC(C)(C)C(=O)Nc1ccccc1OC(=O)/C=C/c1ccc([O-])cc1.[Na+]. The number of esters is 1. The van der Waals surface area contributed by atoms with E-state index in [1.54, 1.807) is 63.2 Å². The fourth-order valence-electron chi connectivity index (χ4n) is 1.85. The van der Waals surface area contributed by atoms with Crippen LogP contribution >= 0.6 is 0 Å². The fraction of sp³-hybridized carbons (Fsp3) is 0.200. The third-order valence-corrected chi connectivity index (χ3v) is 3.32. The predicted molar refractivity (Wildman–Crippen MR) is 95.1 cm³/mol. The van der Waals surface area contributed by atoms with Crippen molar-refractivity contribution in [3.8, 4) is 11.5 Å². The van der Waals surface area contributed by atoms with Crippen molar-refractivity contribution < 1.29 is 49.0 Å². The molecule has 0 saturated carbocycles. The maximum Gasteiger partial charge on any atom is 1.00 e. The summed E-state index contributed by atoms with van der Waals surface area (Å²) in [5.41, 5.74) is 0.579. The molecule has 5 nitrogen and oxygen atoms in total. The summed E-state index contributed by atoms with van der Waals surface area (Å²) >= 11 is 0. The van der Waals surface area contributed by atoms with Crippen LogP contribution in [0.15, 0.2) is 54.6 Å². The van der Waals surface area contributed by atoms with Gasteiger partial charge in [0.2, 0.25) is 5.91 Å². The van der Waals surface area contributed by atoms with Gasteiger partial charge in [-0.25, -0.2) is 4.79 Å². The van der Waals surface area contributed by atoms with Crippen LogP contribution in [0.3, 0.4) is 0 Å². The van der Waals surface area contributed by atoms with Crippen LogP contribution in [0.1, 0.15) is 26.3 Å². The zero-order valence-corrected chi connectivity index (χ0v) is 17.4. The molecule has 0 aliphatic heterocycles. The number of nitrogens with one attached hydrogen (secondary N) is 1. The quantitative estimate of drug-likeness (QED) is 0.369. The van der Waals surface area contributed by atoms with E-state index in [2.05, 4.69) is 5.32 Å². The summed E-state index contributed by atoms with van der Waals surface area (Å²) in [7, 11) is 0. The van der Waals surface area contributed by atoms with Gasteiger partial charge in [0.1, 0.15) is 0 Å². The number of benzene rings is 2. The van der Waals surface area contributed by atoms with Crippen LogP contribution < -0.4 is 44.7 Å². The van der Waals surface area contributed by atoms with Gasteiger partial charge >= 0.3 is 35.5 Å². The van der Waals surface area contributed by atoms with E-state index in [1.807, 2.05) is 0 Å². The van der Waals surface area contributed by atoms with Crippen LogP contribution in [-0.2, 0) is 9.59 Å². The van der Waals surface area contributed by atoms with Gasteiger partial charge in [0.25, 0.3) is 0 Å². The normalized spacial score (nSPS) is 10.9. The minimum Gasteiger partial charge on any atom is -0.872 e. The number of para-hydroxylation sites is 2. The molecule has 2 aromatic carbocycles. The van der Waals surface area contributed by atoms with Gasteiger partial charge in [-0.1, -0.05) is 57.2 Å². The molecule has 0 aromatic heterocycles. The summed E-state index contributed by atoms with van der Waals surface area (Å²) in [4.78, 5) is 24.1. The second-order valence-corrected chi connectivity index (χ2v) is 6.52. The van der Waals surface area contributed by atoms with Crippen molar-refractivity contribution >= 4 is 23.6 Å². The van der Waals surface area contributed by atoms with E-state index in [1.165, 1.54) is 18.2 Å². The maximum atomic E-state index is 12.1. The first-order valence-electron chi connectivity index (χ1n) is 7.83. The first-order valence-corrected chi connectivity index (χ1v) is 7.83. The van der Waals surface area contributed by atoms with E-state index >= 15 is 0 Å². The number of amides is 1. The Morgan fingerprint density at radius 3 is 2.27 bits per heavy atom. The molecule has 0 radical (unpaired) electrons. The van der Waals surface area contributed by atoms with Crippen molar-refractivity contribution in [2.75, 3.05) is 5.32 Å². The zero-order chi connectivity index (χ0) is 18.4. The van der Waals surface area contributed by atoms with Gasteiger partial charge in [-0.05, 0) is 23.8 Å². The van der Waals surface area contributed by atoms with E-state index in [0.717, 1.165) is 0 Å². The van der Waals surface area contributed by atoms with Crippen molar-refractivity contribution in [3.05, 3.63) is 60.2 Å². The predicted octanol–water partition coefficient (Wildman–Crippen LogP) is 0.368. The molecule has 0 saturated heterocycles. The van der Waals surface area contributed by atoms with Gasteiger partial charge in [-0.2, -0.15) is 0 Å². The summed E-state index contributed by atoms with van der Waals surface area (Å²) in [5.74, 6) is -0.583. The van der Waals surface area contributed by atoms with Crippen LogP contribution in [0.2, 0.25) is 0 Å². The molecule has 0 unspecified atom stereocenters. The largest absolute Gasteiger partial charge is 1.00 e. The molecule has 6 heteroatoms. The molecule has 2 aromatic rings. The number of anilines is 1. The van der Waals surface area contributed by atoms with Gasteiger partial charge < -0.3 is 15.2 Å². The molecular weight excluding hydrogens is 341 g/mol. The molecule has 0 fully saturated rings. The van der Waals surface area contributed by atoms with Crippen LogP contribution in [0.25, 0.3) is 6.08 Å². The molecule has 0 spiro atoms. The monoisotopic (exact) mass is 361 g/mol. The first kappa shape index (κ1) is 22.0. The topological polar surface area (TPSA) is 78.5 Å². The zero-order valence-electron chi connectivity index (χ0n) is 15.4. The van der Waals surface area contributed by atoms with E-state index in [4.69, 9.17) is 4.74 Å². The fourth-order valence-corrected chi connectivity index (χ4v) is 1.85. The summed E-state index contributed by atoms with van der Waals surface area (Å²) in [6.07, 6.45) is 2.82. The average molecular weight is 361 g/mol. The van der Waals surface area contributed by atoms with Gasteiger partial charge in [0.05, 0.1) is 5.69 Å². The van der Waals surface area contributed by atoms with Gasteiger partial charge in [0, 0.05) is 11.5 Å². The van der Waals surface area contributed by atoms with Crippen LogP contribution in [0.5, 0.6) is 11.5 Å². The number of hydrogen-bond donors (Lipinski definition) is 1. The molecule has 1 N–H and O–H groups in total. The summed E-state index contributed by atoms with van der Waals surface area (Å²) in [6, 6.07) is 12.8. The molecule has 0 aliphatic rings. The Kier molecular flexibility index (Phi) is 8.08. The Bertz CT molecular complexity index is 792. The number of carbonyl (C=O) groups excluding carboxylic acids is 2. The van der Waals surface area contributed by atoms with E-state index in [9.17, 15) is 14.7 Å². The minimum absolute atomic E-state index is 0. The number of ether oxygens (including phenoxy) is 1. The standard InChI is InChI=1S/C20H21NO4.Na/c1-20(2,3)19(24)21-16-6-4-5-7-17(16)25-18(23)13-10-14-8-11-15(22)12-9-14;/h4-13,22H,1-3H3,(H,21,24);/q;+1/p-1/b13-10+;. The third kappa shape index (κ3) is 6.67. The van der Waals surface area contributed by atoms with Crippen molar-refractivity contribution in [1.29, 1.82) is 0 Å². The molecular formula is C20H20NNaO4. The smallest absolute Gasteiger partial charge is 0.872 e. The van der Waals surface area contributed by atoms with Crippen molar-refractivity contribution in [1.82, 2.24) is 0 Å². The number of carbonyl (C=O) groups is 2. The molecule has 130 valence electrons. The summed E-state index contributed by atoms with van der Waals surface area (Å²) in [6.45, 7) is 5.40. The molecule has 26 heavy (non-hydrogen) atoms. The molecule has 1 amide bonds. The van der Waals surface area contributed by atoms with Crippen LogP contribution in [0, 0.1) is 5.41 Å². The molecule has 0 aliphatic carbocycles. The van der Waals surface area contributed by atoms with Gasteiger partial charge in [-0.3, -0.25) is 4.79 Å². The number of hydrogen-bond acceptors (Lipinski definition) is 4. The first-order chi connectivity index (χ1) is 11.8. The second kappa shape index (κ2) is 9.57. The Morgan fingerprint density at radius 2 is 1.65 bits per heavy atom. The molecule has 0 bridgehead atoms. The molecule has 0 heterocycles. The van der Waals surface area contributed by atoms with Gasteiger partial charge in [0.15, 0.2) is 5.75 Å². The van der Waals surface area contributed by atoms with Crippen molar-refractivity contribution in [3.63, 3.8) is 0 Å². The minimum atomic E-state index is -0.580. The summed E-state index contributed by atoms with van der Waals surface area (Å²) < 4.78 is 5.30. The Balaban J connectivity index is 0.00000338. The Morgan fingerprint density at radius 1 is 1.04 bits per heavy atom. The number of rotatable bonds is 4. The third-order valence-electron chi connectivity index (χ3n) is 3.32. The van der Waals surface area contributed by atoms with Crippen molar-refractivity contribution in [2.24, 2.45) is 5.41 Å². The van der Waals surface area contributed by atoms with Crippen molar-refractivity contribution in [2.45, 2.75) is 20.8 Å². The molecule has 2 rings (SSSR count). The van der Waals surface area contributed by atoms with E-state index in [-0.39, 0.29) is 47.0 Å². The van der Waals surface area contributed by atoms with Crippen LogP contribution in [0.4, 0.5) is 5.69 Å². The van der Waals surface area contributed by atoms with E-state index < -0.39 is 11.4 Å². The van der Waals surface area contributed by atoms with E-state index in [0.29, 0.717) is 11.3 Å². The van der Waals surface area contributed by atoms with Gasteiger partial charge in [-0.15, -0.1) is 5.75 Å².